The Hall–Kier alpha value is -1.79. The second kappa shape index (κ2) is 8.75. The minimum atomic E-state index is -0.480. The maximum atomic E-state index is 13.0. The van der Waals surface area contributed by atoms with E-state index in [4.69, 9.17) is 10.5 Å². The highest BCUT2D eigenvalue weighted by Gasteiger charge is 2.40. The van der Waals surface area contributed by atoms with Gasteiger partial charge in [0.2, 0.25) is 11.8 Å². The van der Waals surface area contributed by atoms with Gasteiger partial charge in [-0.2, -0.15) is 0 Å². The maximum absolute atomic E-state index is 13.0. The summed E-state index contributed by atoms with van der Waals surface area (Å²) in [5.74, 6) is 1.76. The van der Waals surface area contributed by atoms with Crippen LogP contribution in [0, 0.1) is 23.2 Å². The second-order valence-electron chi connectivity index (χ2n) is 9.92. The molecule has 2 saturated carbocycles. The molecule has 1 heterocycles. The smallest absolute Gasteiger partial charge is 0.232 e. The van der Waals surface area contributed by atoms with Crippen molar-refractivity contribution in [2.24, 2.45) is 28.9 Å². The third kappa shape index (κ3) is 4.45. The summed E-state index contributed by atoms with van der Waals surface area (Å²) >= 11 is 0. The maximum Gasteiger partial charge on any atom is 0.232 e. The molecule has 2 unspecified atom stereocenters. The average molecular weight is 436 g/mol. The zero-order chi connectivity index (χ0) is 20.8. The summed E-state index contributed by atoms with van der Waals surface area (Å²) in [6.07, 6.45) is 5.28. The van der Waals surface area contributed by atoms with Crippen LogP contribution in [-0.2, 0) is 9.59 Å². The van der Waals surface area contributed by atoms with Crippen LogP contribution in [0.5, 0.6) is 5.75 Å². The fraction of sp³-hybridized carbons (Fsp3) is 0.652. The quantitative estimate of drug-likeness (QED) is 0.735. The fourth-order valence-corrected chi connectivity index (χ4v) is 5.16. The lowest BCUT2D eigenvalue weighted by atomic mass is 9.65. The van der Waals surface area contributed by atoms with Gasteiger partial charge in [0, 0.05) is 23.1 Å². The molecule has 1 aliphatic heterocycles. The highest BCUT2D eigenvalue weighted by molar-refractivity contribution is 6.00. The molecule has 7 heteroatoms. The van der Waals surface area contributed by atoms with Crippen molar-refractivity contribution >= 4 is 35.6 Å². The van der Waals surface area contributed by atoms with Gasteiger partial charge in [0.1, 0.15) is 12.4 Å². The fourth-order valence-electron chi connectivity index (χ4n) is 5.16. The van der Waals surface area contributed by atoms with Crippen LogP contribution in [0.15, 0.2) is 18.2 Å². The molecule has 3 aliphatic rings. The van der Waals surface area contributed by atoms with E-state index in [-0.39, 0.29) is 36.2 Å². The number of anilines is 2. The third-order valence-corrected chi connectivity index (χ3v) is 6.76. The molecule has 1 aromatic rings. The summed E-state index contributed by atoms with van der Waals surface area (Å²) < 4.78 is 5.73. The number of carbonyl (C=O) groups is 2. The van der Waals surface area contributed by atoms with Crippen LogP contribution >= 0.6 is 12.4 Å². The SMILES string of the molecule is CC(C)(C)C(=O)N1CCOc2ccc(NC(=O)C3CC4CCCC(C3)C4N)cc21.Cl. The molecule has 0 aromatic heterocycles. The van der Waals surface area contributed by atoms with Crippen LogP contribution in [0.2, 0.25) is 0 Å². The van der Waals surface area contributed by atoms with E-state index < -0.39 is 5.41 Å². The van der Waals surface area contributed by atoms with Gasteiger partial charge in [-0.3, -0.25) is 9.59 Å². The van der Waals surface area contributed by atoms with Crippen LogP contribution in [-0.4, -0.2) is 31.0 Å². The largest absolute Gasteiger partial charge is 0.490 e. The van der Waals surface area contributed by atoms with Crippen molar-refractivity contribution in [3.05, 3.63) is 18.2 Å². The Balaban J connectivity index is 0.00000256. The summed E-state index contributed by atoms with van der Waals surface area (Å²) in [5, 5.41) is 3.09. The summed E-state index contributed by atoms with van der Waals surface area (Å²) in [4.78, 5) is 27.6. The number of hydrogen-bond donors (Lipinski definition) is 2. The highest BCUT2D eigenvalue weighted by atomic mass is 35.5. The van der Waals surface area contributed by atoms with Crippen molar-refractivity contribution in [1.82, 2.24) is 0 Å². The van der Waals surface area contributed by atoms with Gasteiger partial charge in [0.05, 0.1) is 12.2 Å². The van der Waals surface area contributed by atoms with Gasteiger partial charge in [0.15, 0.2) is 0 Å². The van der Waals surface area contributed by atoms with E-state index >= 15 is 0 Å². The molecular formula is C23H34ClN3O3. The van der Waals surface area contributed by atoms with E-state index in [1.807, 2.05) is 39.0 Å². The number of nitrogens with two attached hydrogens (primary N) is 1. The molecule has 4 rings (SSSR count). The molecule has 0 radical (unpaired) electrons. The van der Waals surface area contributed by atoms with Crippen molar-refractivity contribution in [2.45, 2.75) is 58.9 Å². The van der Waals surface area contributed by atoms with E-state index in [2.05, 4.69) is 5.32 Å². The minimum absolute atomic E-state index is 0. The lowest BCUT2D eigenvalue weighted by molar-refractivity contribution is -0.126. The van der Waals surface area contributed by atoms with Crippen LogP contribution < -0.4 is 20.7 Å². The number of ether oxygens (including phenoxy) is 1. The third-order valence-electron chi connectivity index (χ3n) is 6.76. The number of amides is 2. The van der Waals surface area contributed by atoms with E-state index in [1.54, 1.807) is 4.90 Å². The first kappa shape index (κ1) is 22.9. The first-order valence-electron chi connectivity index (χ1n) is 10.9. The predicted molar refractivity (Wildman–Crippen MR) is 121 cm³/mol. The molecule has 2 bridgehead atoms. The Morgan fingerprint density at radius 2 is 1.83 bits per heavy atom. The van der Waals surface area contributed by atoms with Gasteiger partial charge in [-0.25, -0.2) is 0 Å². The number of halogens is 1. The molecule has 6 nitrogen and oxygen atoms in total. The topological polar surface area (TPSA) is 84.7 Å². The van der Waals surface area contributed by atoms with Crippen molar-refractivity contribution in [2.75, 3.05) is 23.4 Å². The number of nitrogens with one attached hydrogen (secondary N) is 1. The molecule has 2 fully saturated rings. The van der Waals surface area contributed by atoms with Gasteiger partial charge >= 0.3 is 0 Å². The number of benzene rings is 1. The average Bonchev–Trinajstić information content (AvgIpc) is 2.66. The molecule has 0 saturated heterocycles. The minimum Gasteiger partial charge on any atom is -0.490 e. The van der Waals surface area contributed by atoms with E-state index in [9.17, 15) is 9.59 Å². The van der Waals surface area contributed by atoms with Crippen molar-refractivity contribution in [3.63, 3.8) is 0 Å². The number of fused-ring (bicyclic) bond motifs is 3. The molecule has 30 heavy (non-hydrogen) atoms. The number of nitrogens with zero attached hydrogens (tertiary/aromatic N) is 1. The van der Waals surface area contributed by atoms with Crippen molar-refractivity contribution in [3.8, 4) is 5.75 Å². The van der Waals surface area contributed by atoms with Gasteiger partial charge in [-0.1, -0.05) is 27.2 Å². The normalized spacial score (nSPS) is 27.9. The molecule has 0 spiro atoms. The van der Waals surface area contributed by atoms with Gasteiger partial charge in [0.25, 0.3) is 0 Å². The Morgan fingerprint density at radius 1 is 1.17 bits per heavy atom. The summed E-state index contributed by atoms with van der Waals surface area (Å²) in [6, 6.07) is 5.83. The van der Waals surface area contributed by atoms with Crippen LogP contribution in [0.4, 0.5) is 11.4 Å². The van der Waals surface area contributed by atoms with Gasteiger partial charge in [-0.05, 0) is 55.7 Å². The van der Waals surface area contributed by atoms with E-state index in [1.165, 1.54) is 6.42 Å². The molecule has 2 atom stereocenters. The van der Waals surface area contributed by atoms with Gasteiger partial charge in [-0.15, -0.1) is 12.4 Å². The number of rotatable bonds is 2. The molecule has 166 valence electrons. The van der Waals surface area contributed by atoms with Crippen LogP contribution in [0.25, 0.3) is 0 Å². The number of carbonyl (C=O) groups excluding carboxylic acids is 2. The summed E-state index contributed by atoms with van der Waals surface area (Å²) in [7, 11) is 0. The van der Waals surface area contributed by atoms with Crippen LogP contribution in [0.3, 0.4) is 0 Å². The molecule has 3 N–H and O–H groups in total. The molecule has 2 amide bonds. The van der Waals surface area contributed by atoms with Crippen molar-refractivity contribution < 1.29 is 14.3 Å². The lowest BCUT2D eigenvalue weighted by Gasteiger charge is -2.43. The molecule has 1 aromatic carbocycles. The molecular weight excluding hydrogens is 402 g/mol. The number of hydrogen-bond acceptors (Lipinski definition) is 4. The van der Waals surface area contributed by atoms with Gasteiger partial charge < -0.3 is 20.7 Å². The Labute approximate surface area is 185 Å². The highest BCUT2D eigenvalue weighted by Crippen LogP contribution is 2.42. The zero-order valence-corrected chi connectivity index (χ0v) is 19.0. The summed E-state index contributed by atoms with van der Waals surface area (Å²) in [6.45, 7) is 6.75. The Morgan fingerprint density at radius 3 is 2.47 bits per heavy atom. The summed E-state index contributed by atoms with van der Waals surface area (Å²) in [5.41, 5.74) is 7.34. The standard InChI is InChI=1S/C23H33N3O3.ClH/c1-23(2,3)22(28)26-9-10-29-19-8-7-17(13-18(19)26)25-21(27)16-11-14-5-4-6-15(12-16)20(14)24;/h7-8,13-16,20H,4-6,9-12,24H2,1-3H3,(H,25,27);1H. The zero-order valence-electron chi connectivity index (χ0n) is 18.1. The predicted octanol–water partition coefficient (Wildman–Crippen LogP) is 3.97. The van der Waals surface area contributed by atoms with Crippen molar-refractivity contribution in [1.29, 1.82) is 0 Å². The van der Waals surface area contributed by atoms with E-state index in [0.717, 1.165) is 31.4 Å². The Kier molecular flexibility index (Phi) is 6.68. The Bertz CT molecular complexity index is 793. The van der Waals surface area contributed by atoms with Crippen LogP contribution in [0.1, 0.15) is 52.9 Å². The second-order valence-corrected chi connectivity index (χ2v) is 9.92. The van der Waals surface area contributed by atoms with E-state index in [0.29, 0.717) is 36.4 Å². The molecule has 2 aliphatic carbocycles. The first-order chi connectivity index (χ1) is 13.7. The monoisotopic (exact) mass is 435 g/mol. The first-order valence-corrected chi connectivity index (χ1v) is 10.9. The lowest BCUT2D eigenvalue weighted by Crippen LogP contribution is -2.48.